The van der Waals surface area contributed by atoms with E-state index in [-0.39, 0.29) is 30.2 Å². The molecule has 0 aromatic heterocycles. The number of morpholine rings is 1. The van der Waals surface area contributed by atoms with Crippen LogP contribution in [0.15, 0.2) is 24.3 Å². The summed E-state index contributed by atoms with van der Waals surface area (Å²) in [6.07, 6.45) is -0.217. The molecule has 0 unspecified atom stereocenters. The number of rotatable bonds is 4. The third-order valence-corrected chi connectivity index (χ3v) is 2.95. The van der Waals surface area contributed by atoms with E-state index in [1.54, 1.807) is 0 Å². The molecule has 5 nitrogen and oxygen atoms in total. The Labute approximate surface area is 127 Å². The number of benzene rings is 1. The first-order chi connectivity index (χ1) is 9.56. The number of halogens is 3. The lowest BCUT2D eigenvalue weighted by molar-refractivity contribution is -0.123. The van der Waals surface area contributed by atoms with Gasteiger partial charge >= 0.3 is 6.61 Å². The Hall–Kier alpha value is -1.44. The largest absolute Gasteiger partial charge is 0.435 e. The summed E-state index contributed by atoms with van der Waals surface area (Å²) in [6.45, 7) is 0.143. The predicted molar refractivity (Wildman–Crippen MR) is 76.2 cm³/mol. The molecule has 1 aliphatic heterocycles. The molecule has 0 radical (unpaired) electrons. The Morgan fingerprint density at radius 2 is 2.10 bits per heavy atom. The zero-order chi connectivity index (χ0) is 14.5. The number of alkyl halides is 2. The molecule has 1 aromatic rings. The summed E-state index contributed by atoms with van der Waals surface area (Å²) in [4.78, 5) is 12.0. The van der Waals surface area contributed by atoms with Gasteiger partial charge in [0.25, 0.3) is 0 Å². The van der Waals surface area contributed by atoms with Gasteiger partial charge in [0, 0.05) is 12.2 Å². The lowest BCUT2D eigenvalue weighted by Gasteiger charge is -2.29. The average Bonchev–Trinajstić information content (AvgIpc) is 2.41. The fourth-order valence-corrected chi connectivity index (χ4v) is 1.97. The first kappa shape index (κ1) is 17.6. The van der Waals surface area contributed by atoms with E-state index in [0.29, 0.717) is 18.8 Å². The van der Waals surface area contributed by atoms with Crippen molar-refractivity contribution in [2.24, 2.45) is 0 Å². The Kier molecular flexibility index (Phi) is 6.80. The van der Waals surface area contributed by atoms with E-state index in [1.807, 2.05) is 6.92 Å². The third-order valence-electron chi connectivity index (χ3n) is 2.95. The number of amides is 1. The highest BCUT2D eigenvalue weighted by Gasteiger charge is 2.28. The zero-order valence-corrected chi connectivity index (χ0v) is 12.2. The first-order valence-electron chi connectivity index (χ1n) is 6.27. The van der Waals surface area contributed by atoms with Gasteiger partial charge in [-0.3, -0.25) is 4.79 Å². The molecule has 8 heteroatoms. The smallest absolute Gasteiger partial charge is 0.387 e. The molecule has 118 valence electrons. The van der Waals surface area contributed by atoms with E-state index in [9.17, 15) is 13.6 Å². The normalized spacial score (nSPS) is 21.5. The number of carbonyl (C=O) groups is 1. The summed E-state index contributed by atoms with van der Waals surface area (Å²) in [5, 5.41) is 5.76. The first-order valence-corrected chi connectivity index (χ1v) is 6.27. The number of anilines is 1. The van der Waals surface area contributed by atoms with Crippen LogP contribution < -0.4 is 15.4 Å². The summed E-state index contributed by atoms with van der Waals surface area (Å²) >= 11 is 0. The molecule has 0 bridgehead atoms. The van der Waals surface area contributed by atoms with Crippen molar-refractivity contribution in [1.29, 1.82) is 0 Å². The molecule has 1 fully saturated rings. The molecule has 1 heterocycles. The zero-order valence-electron chi connectivity index (χ0n) is 11.3. The van der Waals surface area contributed by atoms with Crippen LogP contribution in [0.2, 0.25) is 0 Å². The number of hydrogen-bond donors (Lipinski definition) is 2. The molecular formula is C13H17ClF2N2O3. The minimum atomic E-state index is -2.86. The molecule has 0 aliphatic carbocycles. The van der Waals surface area contributed by atoms with Crippen molar-refractivity contribution in [2.75, 3.05) is 18.5 Å². The highest BCUT2D eigenvalue weighted by atomic mass is 35.5. The van der Waals surface area contributed by atoms with Crippen LogP contribution >= 0.6 is 12.4 Å². The van der Waals surface area contributed by atoms with Gasteiger partial charge in [0.2, 0.25) is 5.91 Å². The highest BCUT2D eigenvalue weighted by Crippen LogP contribution is 2.18. The third kappa shape index (κ3) is 5.11. The van der Waals surface area contributed by atoms with E-state index in [1.165, 1.54) is 24.3 Å². The van der Waals surface area contributed by atoms with Crippen molar-refractivity contribution >= 4 is 24.0 Å². The van der Waals surface area contributed by atoms with Gasteiger partial charge in [-0.1, -0.05) is 0 Å². The van der Waals surface area contributed by atoms with Crippen molar-refractivity contribution in [3.63, 3.8) is 0 Å². The van der Waals surface area contributed by atoms with Crippen LogP contribution in [-0.4, -0.2) is 37.8 Å². The molecule has 0 spiro atoms. The van der Waals surface area contributed by atoms with Crippen LogP contribution in [0.25, 0.3) is 0 Å². The molecule has 2 N–H and O–H groups in total. The summed E-state index contributed by atoms with van der Waals surface area (Å²) in [5.74, 6) is -0.176. The number of carbonyl (C=O) groups excluding carboxylic acids is 1. The number of hydrogen-bond acceptors (Lipinski definition) is 4. The fraction of sp³-hybridized carbons (Fsp3) is 0.462. The molecule has 2 rings (SSSR count). The second kappa shape index (κ2) is 8.11. The van der Waals surface area contributed by atoms with Gasteiger partial charge in [0.15, 0.2) is 0 Å². The number of nitrogens with one attached hydrogen (secondary N) is 2. The maximum Gasteiger partial charge on any atom is 0.387 e. The Morgan fingerprint density at radius 1 is 1.43 bits per heavy atom. The van der Waals surface area contributed by atoms with E-state index in [0.717, 1.165) is 0 Å². The fourth-order valence-electron chi connectivity index (χ4n) is 1.97. The average molecular weight is 323 g/mol. The standard InChI is InChI=1S/C13H16F2N2O3.ClH/c1-8-11(16-6-7-19-8)12(18)17-9-2-4-10(5-3-9)20-13(14)15;/h2-5,8,11,13,16H,6-7H2,1H3,(H,17,18);1H/t8-,11+;/m1./s1. The summed E-state index contributed by atoms with van der Waals surface area (Å²) in [7, 11) is 0. The lowest BCUT2D eigenvalue weighted by Crippen LogP contribution is -2.53. The Morgan fingerprint density at radius 3 is 2.67 bits per heavy atom. The van der Waals surface area contributed by atoms with Gasteiger partial charge in [0.1, 0.15) is 11.8 Å². The molecule has 1 aliphatic rings. The second-order valence-corrected chi connectivity index (χ2v) is 4.40. The van der Waals surface area contributed by atoms with Crippen LogP contribution in [0.3, 0.4) is 0 Å². The molecule has 0 saturated carbocycles. The predicted octanol–water partition coefficient (Wildman–Crippen LogP) is 2.03. The molecule has 21 heavy (non-hydrogen) atoms. The van der Waals surface area contributed by atoms with E-state index in [2.05, 4.69) is 15.4 Å². The van der Waals surface area contributed by atoms with Crippen molar-refractivity contribution in [1.82, 2.24) is 5.32 Å². The van der Waals surface area contributed by atoms with Crippen LogP contribution in [-0.2, 0) is 9.53 Å². The molecule has 1 aromatic carbocycles. The SMILES string of the molecule is C[C@H]1OCCN[C@@H]1C(=O)Nc1ccc(OC(F)F)cc1.Cl. The van der Waals surface area contributed by atoms with Gasteiger partial charge in [-0.2, -0.15) is 8.78 Å². The van der Waals surface area contributed by atoms with Gasteiger partial charge in [-0.25, -0.2) is 0 Å². The van der Waals surface area contributed by atoms with Crippen molar-refractivity contribution < 1.29 is 23.0 Å². The summed E-state index contributed by atoms with van der Waals surface area (Å²) in [6, 6.07) is 5.32. The monoisotopic (exact) mass is 322 g/mol. The maximum absolute atomic E-state index is 12.0. The number of ether oxygens (including phenoxy) is 2. The molecule has 2 atom stereocenters. The minimum absolute atomic E-state index is 0. The van der Waals surface area contributed by atoms with Crippen LogP contribution in [0.5, 0.6) is 5.75 Å². The molecule has 1 amide bonds. The van der Waals surface area contributed by atoms with E-state index < -0.39 is 12.7 Å². The van der Waals surface area contributed by atoms with Gasteiger partial charge in [0.05, 0.1) is 12.7 Å². The van der Waals surface area contributed by atoms with Gasteiger partial charge in [-0.15, -0.1) is 12.4 Å². The van der Waals surface area contributed by atoms with Crippen LogP contribution in [0.4, 0.5) is 14.5 Å². The maximum atomic E-state index is 12.0. The minimum Gasteiger partial charge on any atom is -0.435 e. The summed E-state index contributed by atoms with van der Waals surface area (Å²) in [5.41, 5.74) is 0.510. The Balaban J connectivity index is 0.00000220. The highest BCUT2D eigenvalue weighted by molar-refractivity contribution is 5.95. The second-order valence-electron chi connectivity index (χ2n) is 4.40. The molecule has 1 saturated heterocycles. The topological polar surface area (TPSA) is 59.6 Å². The van der Waals surface area contributed by atoms with E-state index >= 15 is 0 Å². The lowest BCUT2D eigenvalue weighted by atomic mass is 10.1. The van der Waals surface area contributed by atoms with Crippen LogP contribution in [0.1, 0.15) is 6.92 Å². The van der Waals surface area contributed by atoms with Gasteiger partial charge in [-0.05, 0) is 31.2 Å². The van der Waals surface area contributed by atoms with Crippen molar-refractivity contribution in [3.05, 3.63) is 24.3 Å². The summed E-state index contributed by atoms with van der Waals surface area (Å²) < 4.78 is 33.6. The van der Waals surface area contributed by atoms with Crippen molar-refractivity contribution in [3.8, 4) is 5.75 Å². The molecular weight excluding hydrogens is 306 g/mol. The van der Waals surface area contributed by atoms with E-state index in [4.69, 9.17) is 4.74 Å². The van der Waals surface area contributed by atoms with Crippen LogP contribution in [0, 0.1) is 0 Å². The van der Waals surface area contributed by atoms with Crippen molar-refractivity contribution in [2.45, 2.75) is 25.7 Å². The van der Waals surface area contributed by atoms with Gasteiger partial charge < -0.3 is 20.1 Å². The quantitative estimate of drug-likeness (QED) is 0.890. The Bertz CT molecular complexity index is 459.